The smallest absolute Gasteiger partial charge is 0.251 e. The van der Waals surface area contributed by atoms with E-state index >= 15 is 0 Å². The molecule has 1 heterocycles. The maximum atomic E-state index is 12.4. The molecule has 1 amide bonds. The highest BCUT2D eigenvalue weighted by Crippen LogP contribution is 2.21. The molecule has 0 saturated heterocycles. The number of hydrogen-bond donors (Lipinski definition) is 2. The summed E-state index contributed by atoms with van der Waals surface area (Å²) in [6.45, 7) is 2.53. The number of nitrogens with one attached hydrogen (secondary N) is 2. The summed E-state index contributed by atoms with van der Waals surface area (Å²) >= 11 is 5.96. The highest BCUT2D eigenvalue weighted by Gasteiger charge is 2.07. The topological polar surface area (TPSA) is 66.9 Å². The second-order valence-corrected chi connectivity index (χ2v) is 7.58. The van der Waals surface area contributed by atoms with Crippen LogP contribution in [0, 0.1) is 6.92 Å². The van der Waals surface area contributed by atoms with Gasteiger partial charge in [0.15, 0.2) is 0 Å². The average molecular weight is 429 g/mol. The van der Waals surface area contributed by atoms with Crippen LogP contribution in [0.2, 0.25) is 5.02 Å². The molecule has 4 aromatic rings. The van der Waals surface area contributed by atoms with Crippen molar-refractivity contribution >= 4 is 29.1 Å². The van der Waals surface area contributed by atoms with Gasteiger partial charge in [-0.3, -0.25) is 4.79 Å². The Balaban J connectivity index is 1.39. The van der Waals surface area contributed by atoms with Crippen LogP contribution >= 0.6 is 11.6 Å². The van der Waals surface area contributed by atoms with Crippen LogP contribution < -0.4 is 10.6 Å². The van der Waals surface area contributed by atoms with E-state index in [4.69, 9.17) is 11.6 Å². The molecule has 1 aromatic heterocycles. The van der Waals surface area contributed by atoms with Crippen LogP contribution in [-0.2, 0) is 6.54 Å². The van der Waals surface area contributed by atoms with Crippen LogP contribution in [0.1, 0.15) is 21.5 Å². The third-order valence-corrected chi connectivity index (χ3v) is 5.02. The largest absolute Gasteiger partial charge is 0.348 e. The van der Waals surface area contributed by atoms with Crippen molar-refractivity contribution in [1.82, 2.24) is 15.3 Å². The standard InChI is InChI=1S/C25H21ClN4O/c1-17-2-4-18(5-3-17)16-28-24(31)20-8-12-22(13-9-20)29-25-27-15-14-23(30-25)19-6-10-21(26)11-7-19/h2-15H,16H2,1H3,(H,28,31)(H,27,29,30). The first-order chi connectivity index (χ1) is 15.1. The van der Waals surface area contributed by atoms with Gasteiger partial charge in [-0.05, 0) is 55.0 Å². The Morgan fingerprint density at radius 3 is 2.32 bits per heavy atom. The van der Waals surface area contributed by atoms with Crippen molar-refractivity contribution in [3.8, 4) is 11.3 Å². The van der Waals surface area contributed by atoms with Gasteiger partial charge in [-0.1, -0.05) is 53.6 Å². The summed E-state index contributed by atoms with van der Waals surface area (Å²) in [7, 11) is 0. The highest BCUT2D eigenvalue weighted by molar-refractivity contribution is 6.30. The van der Waals surface area contributed by atoms with Gasteiger partial charge in [-0.15, -0.1) is 0 Å². The maximum absolute atomic E-state index is 12.4. The molecule has 0 aliphatic heterocycles. The molecular weight excluding hydrogens is 408 g/mol. The van der Waals surface area contributed by atoms with E-state index in [0.29, 0.717) is 23.1 Å². The summed E-state index contributed by atoms with van der Waals surface area (Å²) < 4.78 is 0. The molecule has 0 fully saturated rings. The minimum atomic E-state index is -0.117. The Bertz CT molecular complexity index is 1170. The number of aromatic nitrogens is 2. The predicted octanol–water partition coefficient (Wildman–Crippen LogP) is 5.78. The van der Waals surface area contributed by atoms with Crippen molar-refractivity contribution in [2.75, 3.05) is 5.32 Å². The number of amides is 1. The van der Waals surface area contributed by atoms with Gasteiger partial charge in [-0.2, -0.15) is 0 Å². The number of carbonyl (C=O) groups excluding carboxylic acids is 1. The molecule has 0 saturated carbocycles. The fourth-order valence-corrected chi connectivity index (χ4v) is 3.15. The summed E-state index contributed by atoms with van der Waals surface area (Å²) in [5, 5.41) is 6.79. The molecule has 0 aliphatic carbocycles. The van der Waals surface area contributed by atoms with E-state index in [1.807, 2.05) is 73.7 Å². The minimum Gasteiger partial charge on any atom is -0.348 e. The van der Waals surface area contributed by atoms with Crippen LogP contribution in [0.4, 0.5) is 11.6 Å². The maximum Gasteiger partial charge on any atom is 0.251 e. The second kappa shape index (κ2) is 9.41. The lowest BCUT2D eigenvalue weighted by atomic mass is 10.1. The van der Waals surface area contributed by atoms with E-state index in [0.717, 1.165) is 22.5 Å². The van der Waals surface area contributed by atoms with Crippen molar-refractivity contribution in [3.05, 3.63) is 107 Å². The Morgan fingerprint density at radius 2 is 1.61 bits per heavy atom. The van der Waals surface area contributed by atoms with Crippen LogP contribution in [0.5, 0.6) is 0 Å². The summed E-state index contributed by atoms with van der Waals surface area (Å²) in [5.74, 6) is 0.358. The van der Waals surface area contributed by atoms with Gasteiger partial charge in [0, 0.05) is 34.6 Å². The SMILES string of the molecule is Cc1ccc(CNC(=O)c2ccc(Nc3nccc(-c4ccc(Cl)cc4)n3)cc2)cc1. The third-order valence-electron chi connectivity index (χ3n) is 4.77. The Hall–Kier alpha value is -3.70. The molecule has 0 bridgehead atoms. The molecule has 0 aliphatic rings. The molecule has 0 unspecified atom stereocenters. The predicted molar refractivity (Wildman–Crippen MR) is 125 cm³/mol. The Morgan fingerprint density at radius 1 is 0.903 bits per heavy atom. The number of carbonyl (C=O) groups is 1. The molecule has 6 heteroatoms. The Labute approximate surface area is 186 Å². The lowest BCUT2D eigenvalue weighted by Crippen LogP contribution is -2.22. The van der Waals surface area contributed by atoms with E-state index in [9.17, 15) is 4.79 Å². The van der Waals surface area contributed by atoms with Crippen LogP contribution in [-0.4, -0.2) is 15.9 Å². The van der Waals surface area contributed by atoms with Gasteiger partial charge < -0.3 is 10.6 Å². The van der Waals surface area contributed by atoms with Gasteiger partial charge in [0.2, 0.25) is 5.95 Å². The number of benzene rings is 3. The van der Waals surface area contributed by atoms with Gasteiger partial charge >= 0.3 is 0 Å². The molecule has 0 radical (unpaired) electrons. The molecule has 0 atom stereocenters. The zero-order valence-corrected chi connectivity index (χ0v) is 17.7. The van der Waals surface area contributed by atoms with E-state index < -0.39 is 0 Å². The van der Waals surface area contributed by atoms with E-state index in [1.165, 1.54) is 5.56 Å². The monoisotopic (exact) mass is 428 g/mol. The summed E-state index contributed by atoms with van der Waals surface area (Å²) in [4.78, 5) is 21.2. The lowest BCUT2D eigenvalue weighted by molar-refractivity contribution is 0.0951. The number of nitrogens with zero attached hydrogens (tertiary/aromatic N) is 2. The van der Waals surface area contributed by atoms with Crippen molar-refractivity contribution in [1.29, 1.82) is 0 Å². The lowest BCUT2D eigenvalue weighted by Gasteiger charge is -2.09. The summed E-state index contributed by atoms with van der Waals surface area (Å²) in [6, 6.07) is 24.6. The third kappa shape index (κ3) is 5.47. The van der Waals surface area contributed by atoms with Crippen molar-refractivity contribution in [2.45, 2.75) is 13.5 Å². The first kappa shape index (κ1) is 20.6. The number of halogens is 1. The Kier molecular flexibility index (Phi) is 6.24. The zero-order valence-electron chi connectivity index (χ0n) is 17.0. The van der Waals surface area contributed by atoms with Gasteiger partial charge in [-0.25, -0.2) is 9.97 Å². The highest BCUT2D eigenvalue weighted by atomic mass is 35.5. The van der Waals surface area contributed by atoms with Crippen molar-refractivity contribution < 1.29 is 4.79 Å². The minimum absolute atomic E-state index is 0.117. The molecule has 5 nitrogen and oxygen atoms in total. The molecule has 3 aromatic carbocycles. The molecular formula is C25H21ClN4O. The first-order valence-electron chi connectivity index (χ1n) is 9.87. The van der Waals surface area contributed by atoms with Crippen molar-refractivity contribution in [3.63, 3.8) is 0 Å². The zero-order chi connectivity index (χ0) is 21.6. The summed E-state index contributed by atoms with van der Waals surface area (Å²) in [6.07, 6.45) is 1.70. The van der Waals surface area contributed by atoms with Gasteiger partial charge in [0.25, 0.3) is 5.91 Å². The molecule has 2 N–H and O–H groups in total. The molecule has 154 valence electrons. The van der Waals surface area contributed by atoms with Crippen LogP contribution in [0.3, 0.4) is 0 Å². The number of anilines is 2. The second-order valence-electron chi connectivity index (χ2n) is 7.14. The van der Waals surface area contributed by atoms with Gasteiger partial charge in [0.1, 0.15) is 0 Å². The number of aryl methyl sites for hydroxylation is 1. The fourth-order valence-electron chi connectivity index (χ4n) is 3.02. The summed E-state index contributed by atoms with van der Waals surface area (Å²) in [5.41, 5.74) is 5.39. The number of rotatable bonds is 6. The molecule has 4 rings (SSSR count). The quantitative estimate of drug-likeness (QED) is 0.408. The van der Waals surface area contributed by atoms with E-state index in [-0.39, 0.29) is 5.91 Å². The van der Waals surface area contributed by atoms with E-state index in [2.05, 4.69) is 20.6 Å². The van der Waals surface area contributed by atoms with E-state index in [1.54, 1.807) is 18.3 Å². The van der Waals surface area contributed by atoms with Crippen molar-refractivity contribution in [2.24, 2.45) is 0 Å². The number of hydrogen-bond acceptors (Lipinski definition) is 4. The molecule has 0 spiro atoms. The average Bonchev–Trinajstić information content (AvgIpc) is 2.80. The van der Waals surface area contributed by atoms with Crippen LogP contribution in [0.25, 0.3) is 11.3 Å². The fraction of sp³-hybridized carbons (Fsp3) is 0.0800. The first-order valence-corrected chi connectivity index (χ1v) is 10.2. The van der Waals surface area contributed by atoms with Gasteiger partial charge in [0.05, 0.1) is 5.69 Å². The normalized spacial score (nSPS) is 10.5. The molecule has 31 heavy (non-hydrogen) atoms. The van der Waals surface area contributed by atoms with Crippen LogP contribution in [0.15, 0.2) is 85.1 Å².